The largest absolute Gasteiger partial charge is 0.380 e. The summed E-state index contributed by atoms with van der Waals surface area (Å²) in [7, 11) is 0. The number of hydrogen-bond donors (Lipinski definition) is 1. The lowest BCUT2D eigenvalue weighted by Crippen LogP contribution is -2.04. The molecular formula is C14H9BrF2N2. The molecule has 2 rings (SSSR count). The average molecular weight is 323 g/mol. The van der Waals surface area contributed by atoms with E-state index in [4.69, 9.17) is 5.26 Å². The molecule has 96 valence electrons. The van der Waals surface area contributed by atoms with Gasteiger partial charge in [-0.25, -0.2) is 8.78 Å². The minimum Gasteiger partial charge on any atom is -0.380 e. The zero-order chi connectivity index (χ0) is 13.8. The van der Waals surface area contributed by atoms with Crippen molar-refractivity contribution in [3.05, 3.63) is 63.6 Å². The van der Waals surface area contributed by atoms with Crippen LogP contribution >= 0.6 is 15.9 Å². The summed E-state index contributed by atoms with van der Waals surface area (Å²) in [6.45, 7) is 0.106. The van der Waals surface area contributed by atoms with E-state index in [0.29, 0.717) is 11.3 Å². The van der Waals surface area contributed by atoms with Gasteiger partial charge in [0.15, 0.2) is 11.6 Å². The van der Waals surface area contributed by atoms with E-state index in [1.165, 1.54) is 12.1 Å². The summed E-state index contributed by atoms with van der Waals surface area (Å²) in [5.41, 5.74) is 1.23. The third-order valence-electron chi connectivity index (χ3n) is 2.60. The van der Waals surface area contributed by atoms with Crippen LogP contribution in [0, 0.1) is 23.0 Å². The van der Waals surface area contributed by atoms with Crippen molar-refractivity contribution in [3.63, 3.8) is 0 Å². The molecule has 0 saturated heterocycles. The molecule has 0 radical (unpaired) electrons. The van der Waals surface area contributed by atoms with E-state index in [0.717, 1.165) is 10.5 Å². The van der Waals surface area contributed by atoms with Gasteiger partial charge in [-0.3, -0.25) is 0 Å². The first-order valence-electron chi connectivity index (χ1n) is 5.48. The van der Waals surface area contributed by atoms with Gasteiger partial charge in [-0.05, 0) is 24.3 Å². The molecule has 0 aliphatic heterocycles. The number of halogens is 3. The Morgan fingerprint density at radius 1 is 1.21 bits per heavy atom. The van der Waals surface area contributed by atoms with Crippen molar-refractivity contribution in [2.45, 2.75) is 6.54 Å². The molecule has 2 aromatic carbocycles. The summed E-state index contributed by atoms with van der Waals surface area (Å²) in [6, 6.07) is 11.2. The predicted octanol–water partition coefficient (Wildman–Crippen LogP) is 4.21. The molecule has 0 amide bonds. The van der Waals surface area contributed by atoms with Gasteiger partial charge in [0.2, 0.25) is 0 Å². The second-order valence-corrected chi connectivity index (χ2v) is 4.78. The molecule has 0 fully saturated rings. The van der Waals surface area contributed by atoms with Crippen LogP contribution < -0.4 is 5.32 Å². The van der Waals surface area contributed by atoms with Crippen LogP contribution in [0.25, 0.3) is 0 Å². The Bertz CT molecular complexity index is 650. The van der Waals surface area contributed by atoms with Crippen molar-refractivity contribution >= 4 is 21.6 Å². The summed E-state index contributed by atoms with van der Waals surface area (Å²) in [4.78, 5) is 0. The van der Waals surface area contributed by atoms with Gasteiger partial charge in [-0.2, -0.15) is 5.26 Å². The summed E-state index contributed by atoms with van der Waals surface area (Å²) >= 11 is 3.29. The molecule has 0 saturated carbocycles. The number of rotatable bonds is 3. The van der Waals surface area contributed by atoms with E-state index in [9.17, 15) is 8.78 Å². The Labute approximate surface area is 117 Å². The Morgan fingerprint density at radius 2 is 2.00 bits per heavy atom. The highest BCUT2D eigenvalue weighted by atomic mass is 79.9. The van der Waals surface area contributed by atoms with Gasteiger partial charge >= 0.3 is 0 Å². The molecule has 2 nitrogen and oxygen atoms in total. The summed E-state index contributed by atoms with van der Waals surface area (Å²) in [6.07, 6.45) is 0. The molecule has 0 spiro atoms. The highest BCUT2D eigenvalue weighted by Gasteiger charge is 2.08. The minimum absolute atomic E-state index is 0.106. The number of benzene rings is 2. The number of nitrogens with zero attached hydrogens (tertiary/aromatic N) is 1. The molecule has 0 atom stereocenters. The monoisotopic (exact) mass is 322 g/mol. The fourth-order valence-corrected chi connectivity index (χ4v) is 2.00. The first kappa shape index (κ1) is 13.5. The Balaban J connectivity index is 2.21. The molecule has 0 aromatic heterocycles. The lowest BCUT2D eigenvalue weighted by molar-refractivity contribution is 0.500. The molecule has 0 aliphatic rings. The average Bonchev–Trinajstić information content (AvgIpc) is 2.40. The minimum atomic E-state index is -0.881. The van der Waals surface area contributed by atoms with Gasteiger partial charge in [0.1, 0.15) is 6.07 Å². The van der Waals surface area contributed by atoms with Crippen LogP contribution in [0.1, 0.15) is 11.1 Å². The quantitative estimate of drug-likeness (QED) is 0.918. The second kappa shape index (κ2) is 5.81. The van der Waals surface area contributed by atoms with Crippen LogP contribution in [0.15, 0.2) is 40.9 Å². The van der Waals surface area contributed by atoms with Gasteiger partial charge in [0, 0.05) is 16.6 Å². The molecule has 0 bridgehead atoms. The highest BCUT2D eigenvalue weighted by Crippen LogP contribution is 2.22. The Hall–Kier alpha value is -1.93. The van der Waals surface area contributed by atoms with Crippen molar-refractivity contribution in [1.29, 1.82) is 5.26 Å². The molecule has 19 heavy (non-hydrogen) atoms. The van der Waals surface area contributed by atoms with E-state index >= 15 is 0 Å². The van der Waals surface area contributed by atoms with Gasteiger partial charge in [-0.15, -0.1) is 0 Å². The first-order valence-corrected chi connectivity index (χ1v) is 6.27. The molecule has 0 aliphatic carbocycles. The van der Waals surface area contributed by atoms with Crippen LogP contribution in [0.5, 0.6) is 0 Å². The molecule has 0 unspecified atom stereocenters. The van der Waals surface area contributed by atoms with Crippen molar-refractivity contribution < 1.29 is 8.78 Å². The lowest BCUT2D eigenvalue weighted by atomic mass is 10.1. The van der Waals surface area contributed by atoms with Gasteiger partial charge < -0.3 is 5.32 Å². The summed E-state index contributed by atoms with van der Waals surface area (Å²) < 4.78 is 27.3. The van der Waals surface area contributed by atoms with Crippen molar-refractivity contribution in [1.82, 2.24) is 0 Å². The fraction of sp³-hybridized carbons (Fsp3) is 0.0714. The maximum atomic E-state index is 13.5. The third-order valence-corrected chi connectivity index (χ3v) is 3.10. The number of hydrogen-bond acceptors (Lipinski definition) is 2. The summed E-state index contributed by atoms with van der Waals surface area (Å²) in [5.74, 6) is -1.75. The summed E-state index contributed by atoms with van der Waals surface area (Å²) in [5, 5.41) is 11.9. The van der Waals surface area contributed by atoms with E-state index in [2.05, 4.69) is 21.2 Å². The van der Waals surface area contributed by atoms with Crippen LogP contribution in [-0.4, -0.2) is 0 Å². The van der Waals surface area contributed by atoms with Crippen LogP contribution in [0.4, 0.5) is 14.5 Å². The van der Waals surface area contributed by atoms with Crippen LogP contribution in [-0.2, 0) is 6.54 Å². The van der Waals surface area contributed by atoms with Gasteiger partial charge in [-0.1, -0.05) is 28.1 Å². The fourth-order valence-electron chi connectivity index (χ4n) is 1.64. The first-order chi connectivity index (χ1) is 9.11. The topological polar surface area (TPSA) is 35.8 Å². The molecular weight excluding hydrogens is 314 g/mol. The molecule has 2 aromatic rings. The Kier molecular flexibility index (Phi) is 4.13. The zero-order valence-corrected chi connectivity index (χ0v) is 11.3. The van der Waals surface area contributed by atoms with E-state index in [-0.39, 0.29) is 12.1 Å². The zero-order valence-electron chi connectivity index (χ0n) is 9.75. The SMILES string of the molecule is N#Cc1ccc(Br)cc1NCc1cccc(F)c1F. The van der Waals surface area contributed by atoms with Gasteiger partial charge in [0.25, 0.3) is 0 Å². The standard InChI is InChI=1S/C14H9BrF2N2/c15-11-5-4-9(7-18)13(6-11)19-8-10-2-1-3-12(16)14(10)17/h1-6,19H,8H2. The molecule has 5 heteroatoms. The smallest absolute Gasteiger partial charge is 0.163 e. The van der Waals surface area contributed by atoms with Crippen molar-refractivity contribution in [3.8, 4) is 6.07 Å². The Morgan fingerprint density at radius 3 is 2.74 bits per heavy atom. The third kappa shape index (κ3) is 3.09. The van der Waals surface area contributed by atoms with E-state index in [1.807, 2.05) is 6.07 Å². The van der Waals surface area contributed by atoms with E-state index in [1.54, 1.807) is 18.2 Å². The van der Waals surface area contributed by atoms with Crippen LogP contribution in [0.2, 0.25) is 0 Å². The normalized spacial score (nSPS) is 10.0. The van der Waals surface area contributed by atoms with Crippen molar-refractivity contribution in [2.75, 3.05) is 5.32 Å². The molecule has 0 heterocycles. The van der Waals surface area contributed by atoms with Crippen LogP contribution in [0.3, 0.4) is 0 Å². The lowest BCUT2D eigenvalue weighted by Gasteiger charge is -2.09. The van der Waals surface area contributed by atoms with Crippen molar-refractivity contribution in [2.24, 2.45) is 0 Å². The van der Waals surface area contributed by atoms with Gasteiger partial charge in [0.05, 0.1) is 11.3 Å². The predicted molar refractivity (Wildman–Crippen MR) is 72.5 cm³/mol. The second-order valence-electron chi connectivity index (χ2n) is 3.87. The number of nitrogens with one attached hydrogen (secondary N) is 1. The maximum Gasteiger partial charge on any atom is 0.163 e. The number of anilines is 1. The maximum absolute atomic E-state index is 13.5. The molecule has 1 N–H and O–H groups in total. The highest BCUT2D eigenvalue weighted by molar-refractivity contribution is 9.10. The number of nitriles is 1. The van der Waals surface area contributed by atoms with E-state index < -0.39 is 11.6 Å².